The molecule has 1 saturated carbocycles. The van der Waals surface area contributed by atoms with Gasteiger partial charge in [-0.05, 0) is 36.1 Å². The molecule has 0 saturated heterocycles. The maximum absolute atomic E-state index is 12.3. The van der Waals surface area contributed by atoms with E-state index in [1.54, 1.807) is 14.2 Å². The summed E-state index contributed by atoms with van der Waals surface area (Å²) in [5, 5.41) is 12.3. The lowest BCUT2D eigenvalue weighted by molar-refractivity contribution is -0.106. The van der Waals surface area contributed by atoms with Crippen molar-refractivity contribution in [3.63, 3.8) is 0 Å². The molecule has 1 aliphatic heterocycles. The maximum Gasteiger partial charge on any atom is 0.174 e. The summed E-state index contributed by atoms with van der Waals surface area (Å²) >= 11 is 3.53. The molecule has 3 aromatic carbocycles. The fourth-order valence-electron chi connectivity index (χ4n) is 5.29. The van der Waals surface area contributed by atoms with E-state index in [1.165, 1.54) is 0 Å². The van der Waals surface area contributed by atoms with Crippen LogP contribution in [0.5, 0.6) is 17.2 Å². The second-order valence-electron chi connectivity index (χ2n) is 7.91. The highest BCUT2D eigenvalue weighted by Gasteiger charge is 2.69. The van der Waals surface area contributed by atoms with Gasteiger partial charge in [0.1, 0.15) is 22.8 Å². The molecule has 4 nitrogen and oxygen atoms in total. The van der Waals surface area contributed by atoms with Crippen LogP contribution in [-0.4, -0.2) is 19.3 Å². The molecule has 1 heterocycles. The minimum Gasteiger partial charge on any atom is -0.496 e. The second kappa shape index (κ2) is 7.03. The summed E-state index contributed by atoms with van der Waals surface area (Å²) < 4.78 is 18.9. The van der Waals surface area contributed by atoms with Gasteiger partial charge in [-0.25, -0.2) is 0 Å². The van der Waals surface area contributed by atoms with E-state index in [9.17, 15) is 5.11 Å². The summed E-state index contributed by atoms with van der Waals surface area (Å²) in [5.41, 5.74) is 0.602. The Bertz CT molecular complexity index is 1080. The average molecular weight is 467 g/mol. The van der Waals surface area contributed by atoms with E-state index in [0.717, 1.165) is 22.0 Å². The number of methoxy groups -OCH3 is 2. The number of hydrogen-bond donors (Lipinski definition) is 1. The third-order valence-electron chi connectivity index (χ3n) is 6.55. The van der Waals surface area contributed by atoms with E-state index < -0.39 is 11.2 Å². The van der Waals surface area contributed by atoms with Crippen molar-refractivity contribution < 1.29 is 19.3 Å². The van der Waals surface area contributed by atoms with Crippen molar-refractivity contribution in [1.82, 2.24) is 0 Å². The van der Waals surface area contributed by atoms with Crippen molar-refractivity contribution >= 4 is 15.9 Å². The summed E-state index contributed by atoms with van der Waals surface area (Å²) in [5.74, 6) is 1.81. The van der Waals surface area contributed by atoms with Gasteiger partial charge in [0.2, 0.25) is 0 Å². The van der Waals surface area contributed by atoms with Crippen LogP contribution in [0.2, 0.25) is 0 Å². The zero-order chi connectivity index (χ0) is 20.9. The summed E-state index contributed by atoms with van der Waals surface area (Å²) in [4.78, 5) is 0. The lowest BCUT2D eigenvalue weighted by Crippen LogP contribution is -2.48. The molecule has 30 heavy (non-hydrogen) atoms. The van der Waals surface area contributed by atoms with Crippen molar-refractivity contribution in [3.8, 4) is 17.2 Å². The van der Waals surface area contributed by atoms with Crippen molar-refractivity contribution in [2.45, 2.75) is 30.0 Å². The van der Waals surface area contributed by atoms with Crippen molar-refractivity contribution in [2.75, 3.05) is 14.2 Å². The highest BCUT2D eigenvalue weighted by molar-refractivity contribution is 9.10. The first-order valence-corrected chi connectivity index (χ1v) is 10.8. The number of rotatable bonds is 4. The van der Waals surface area contributed by atoms with E-state index in [2.05, 4.69) is 28.1 Å². The predicted molar refractivity (Wildman–Crippen MR) is 118 cm³/mol. The molecule has 1 N–H and O–H groups in total. The van der Waals surface area contributed by atoms with Crippen LogP contribution in [0.4, 0.5) is 0 Å². The van der Waals surface area contributed by atoms with Crippen LogP contribution in [0.15, 0.2) is 71.2 Å². The summed E-state index contributed by atoms with van der Waals surface area (Å²) in [6.07, 6.45) is 1.36. The van der Waals surface area contributed by atoms with E-state index in [4.69, 9.17) is 14.2 Å². The predicted octanol–water partition coefficient (Wildman–Crippen LogP) is 5.52. The minimum absolute atomic E-state index is 0.0204. The van der Waals surface area contributed by atoms with Gasteiger partial charge in [-0.2, -0.15) is 0 Å². The minimum atomic E-state index is -1.23. The molecule has 1 aliphatic carbocycles. The van der Waals surface area contributed by atoms with Gasteiger partial charge in [0.25, 0.3) is 0 Å². The summed E-state index contributed by atoms with van der Waals surface area (Å²) in [6.45, 7) is 0. The van der Waals surface area contributed by atoms with E-state index in [0.29, 0.717) is 29.2 Å². The Morgan fingerprint density at radius 3 is 2.40 bits per heavy atom. The van der Waals surface area contributed by atoms with Crippen LogP contribution in [0, 0.1) is 0 Å². The molecule has 3 aromatic rings. The highest BCUT2D eigenvalue weighted by Crippen LogP contribution is 2.68. The van der Waals surface area contributed by atoms with Crippen LogP contribution in [-0.2, 0) is 11.2 Å². The standard InChI is InChI=1S/C25H23BrO4/c1-28-19-14-21(29-2)23-22(15-19)30-25(17-8-10-18(26)11-9-17)20(12-13-24(23,25)27)16-6-4-3-5-7-16/h3-11,14-15,20,27H,12-13H2,1-2H3/t20-,24?,25-/m0/s1. The fraction of sp³-hybridized carbons (Fsp3) is 0.280. The first kappa shape index (κ1) is 19.5. The van der Waals surface area contributed by atoms with E-state index in [1.807, 2.05) is 54.6 Å². The number of hydrogen-bond acceptors (Lipinski definition) is 4. The van der Waals surface area contributed by atoms with Gasteiger partial charge in [-0.3, -0.25) is 0 Å². The van der Waals surface area contributed by atoms with Gasteiger partial charge >= 0.3 is 0 Å². The molecule has 0 spiro atoms. The fourth-order valence-corrected chi connectivity index (χ4v) is 5.55. The molecular formula is C25H23BrO4. The monoisotopic (exact) mass is 466 g/mol. The van der Waals surface area contributed by atoms with Crippen LogP contribution in [0.1, 0.15) is 35.4 Å². The highest BCUT2D eigenvalue weighted by atomic mass is 79.9. The Hall–Kier alpha value is -2.50. The average Bonchev–Trinajstić information content (AvgIpc) is 3.21. The smallest absolute Gasteiger partial charge is 0.174 e. The largest absolute Gasteiger partial charge is 0.496 e. The quantitative estimate of drug-likeness (QED) is 0.549. The van der Waals surface area contributed by atoms with Gasteiger partial charge in [0.05, 0.1) is 19.8 Å². The first-order chi connectivity index (χ1) is 14.5. The molecule has 0 aromatic heterocycles. The van der Waals surface area contributed by atoms with Crippen LogP contribution < -0.4 is 14.2 Å². The third-order valence-corrected chi connectivity index (χ3v) is 7.08. The van der Waals surface area contributed by atoms with E-state index >= 15 is 0 Å². The third kappa shape index (κ3) is 2.55. The zero-order valence-electron chi connectivity index (χ0n) is 16.9. The van der Waals surface area contributed by atoms with Crippen LogP contribution in [0.3, 0.4) is 0 Å². The first-order valence-electron chi connectivity index (χ1n) is 10.0. The number of halogens is 1. The van der Waals surface area contributed by atoms with Crippen molar-refractivity contribution in [3.05, 3.63) is 87.9 Å². The molecular weight excluding hydrogens is 444 g/mol. The van der Waals surface area contributed by atoms with Crippen LogP contribution >= 0.6 is 15.9 Å². The van der Waals surface area contributed by atoms with Gasteiger partial charge in [0.15, 0.2) is 5.60 Å². The number of aliphatic hydroxyl groups is 1. The van der Waals surface area contributed by atoms with Crippen LogP contribution in [0.25, 0.3) is 0 Å². The Morgan fingerprint density at radius 2 is 1.73 bits per heavy atom. The molecule has 3 atom stereocenters. The molecule has 1 unspecified atom stereocenters. The Kier molecular flexibility index (Phi) is 4.56. The van der Waals surface area contributed by atoms with E-state index in [-0.39, 0.29) is 5.92 Å². The van der Waals surface area contributed by atoms with Crippen molar-refractivity contribution in [1.29, 1.82) is 0 Å². The molecule has 0 bridgehead atoms. The molecule has 154 valence electrons. The SMILES string of the molecule is COc1cc(OC)c2c(c1)O[C@@]1(c3ccc(Br)cc3)[C@H](c3ccccc3)CCC21O. The summed E-state index contributed by atoms with van der Waals surface area (Å²) in [6, 6.07) is 22.0. The second-order valence-corrected chi connectivity index (χ2v) is 8.83. The number of benzene rings is 3. The zero-order valence-corrected chi connectivity index (χ0v) is 18.5. The molecule has 5 heteroatoms. The molecule has 0 amide bonds. The Morgan fingerprint density at radius 1 is 1.00 bits per heavy atom. The maximum atomic E-state index is 12.3. The lowest BCUT2D eigenvalue weighted by Gasteiger charge is -2.40. The number of fused-ring (bicyclic) bond motifs is 3. The van der Waals surface area contributed by atoms with Gasteiger partial charge in [-0.15, -0.1) is 0 Å². The molecule has 5 rings (SSSR count). The molecule has 0 radical (unpaired) electrons. The molecule has 2 aliphatic rings. The van der Waals surface area contributed by atoms with Crippen molar-refractivity contribution in [2.24, 2.45) is 0 Å². The molecule has 1 fully saturated rings. The topological polar surface area (TPSA) is 47.9 Å². The summed E-state index contributed by atoms with van der Waals surface area (Å²) in [7, 11) is 3.23. The van der Waals surface area contributed by atoms with Gasteiger partial charge in [0, 0.05) is 22.5 Å². The lowest BCUT2D eigenvalue weighted by atomic mass is 9.71. The number of ether oxygens (including phenoxy) is 3. The Balaban J connectivity index is 1.78. The van der Waals surface area contributed by atoms with Gasteiger partial charge < -0.3 is 19.3 Å². The normalized spacial score (nSPS) is 26.6. The Labute approximate surface area is 184 Å². The van der Waals surface area contributed by atoms with Gasteiger partial charge in [-0.1, -0.05) is 58.4 Å².